The van der Waals surface area contributed by atoms with E-state index in [-0.39, 0.29) is 0 Å². The lowest BCUT2D eigenvalue weighted by atomic mass is 9.97. The average molecular weight is 234 g/mol. The van der Waals surface area contributed by atoms with Crippen LogP contribution < -0.4 is 5.01 Å². The molecule has 1 aromatic rings. The monoisotopic (exact) mass is 234 g/mol. The smallest absolute Gasteiger partial charge is 0.164 e. The van der Waals surface area contributed by atoms with Gasteiger partial charge in [-0.25, -0.2) is 0 Å². The molecular formula is C13H18N2O2. The summed E-state index contributed by atoms with van der Waals surface area (Å²) in [6, 6.07) is 2.05. The maximum Gasteiger partial charge on any atom is 0.164 e. The van der Waals surface area contributed by atoms with Gasteiger partial charge in [0.25, 0.3) is 0 Å². The Morgan fingerprint density at radius 3 is 2.76 bits per heavy atom. The summed E-state index contributed by atoms with van der Waals surface area (Å²) in [6.45, 7) is 5.47. The van der Waals surface area contributed by atoms with Gasteiger partial charge in [0, 0.05) is 17.7 Å². The zero-order valence-corrected chi connectivity index (χ0v) is 10.2. The van der Waals surface area contributed by atoms with Gasteiger partial charge in [-0.3, -0.25) is 9.47 Å². The second-order valence-corrected chi connectivity index (χ2v) is 4.80. The highest BCUT2D eigenvalue weighted by Gasteiger charge is 2.25. The summed E-state index contributed by atoms with van der Waals surface area (Å²) in [7, 11) is 0. The summed E-state index contributed by atoms with van der Waals surface area (Å²) in [6.07, 6.45) is 2.71. The van der Waals surface area contributed by atoms with E-state index in [1.54, 1.807) is 0 Å². The Morgan fingerprint density at radius 2 is 2.00 bits per heavy atom. The third kappa shape index (κ3) is 1.76. The topological polar surface area (TPSA) is 34.5 Å². The van der Waals surface area contributed by atoms with Gasteiger partial charge in [-0.15, -0.1) is 0 Å². The molecule has 2 heterocycles. The highest BCUT2D eigenvalue weighted by atomic mass is 16.5. The molecule has 1 fully saturated rings. The van der Waals surface area contributed by atoms with Crippen molar-refractivity contribution in [3.63, 3.8) is 0 Å². The highest BCUT2D eigenvalue weighted by Crippen LogP contribution is 2.25. The van der Waals surface area contributed by atoms with Crippen LogP contribution >= 0.6 is 0 Å². The second kappa shape index (κ2) is 4.18. The Bertz CT molecular complexity index is 445. The summed E-state index contributed by atoms with van der Waals surface area (Å²) >= 11 is 0. The number of fused-ring (bicyclic) bond motifs is 1. The van der Waals surface area contributed by atoms with Crippen molar-refractivity contribution in [3.8, 4) is 0 Å². The highest BCUT2D eigenvalue weighted by molar-refractivity contribution is 5.98. The van der Waals surface area contributed by atoms with Crippen molar-refractivity contribution in [2.75, 3.05) is 31.3 Å². The molecule has 92 valence electrons. The van der Waals surface area contributed by atoms with Gasteiger partial charge in [0.15, 0.2) is 5.78 Å². The van der Waals surface area contributed by atoms with Gasteiger partial charge in [0.2, 0.25) is 0 Å². The predicted molar refractivity (Wildman–Crippen MR) is 65.2 cm³/mol. The molecule has 0 bridgehead atoms. The first-order valence-electron chi connectivity index (χ1n) is 6.35. The van der Waals surface area contributed by atoms with E-state index in [0.717, 1.165) is 44.7 Å². The molecule has 0 atom stereocenters. The van der Waals surface area contributed by atoms with Gasteiger partial charge in [-0.1, -0.05) is 0 Å². The minimum Gasteiger partial charge on any atom is -0.378 e. The largest absolute Gasteiger partial charge is 0.378 e. The molecular weight excluding hydrogens is 216 g/mol. The minimum absolute atomic E-state index is 0.307. The van der Waals surface area contributed by atoms with Crippen LogP contribution in [0.3, 0.4) is 0 Å². The van der Waals surface area contributed by atoms with Crippen LogP contribution in [0.4, 0.5) is 0 Å². The molecule has 0 radical (unpaired) electrons. The van der Waals surface area contributed by atoms with Crippen LogP contribution in [0.15, 0.2) is 6.07 Å². The number of ketones is 1. The molecule has 0 unspecified atom stereocenters. The summed E-state index contributed by atoms with van der Waals surface area (Å²) < 4.78 is 7.63. The molecule has 0 N–H and O–H groups in total. The molecule has 0 saturated carbocycles. The van der Waals surface area contributed by atoms with E-state index >= 15 is 0 Å². The summed E-state index contributed by atoms with van der Waals surface area (Å²) in [4.78, 5) is 11.9. The van der Waals surface area contributed by atoms with Crippen molar-refractivity contribution >= 4 is 5.78 Å². The average Bonchev–Trinajstić information content (AvgIpc) is 2.68. The van der Waals surface area contributed by atoms with Crippen LogP contribution in [0.2, 0.25) is 0 Å². The molecule has 0 amide bonds. The lowest BCUT2D eigenvalue weighted by Crippen LogP contribution is -2.45. The number of Topliss-reactive ketones (excluding diaryl/α,β-unsaturated/α-hetero) is 1. The SMILES string of the molecule is Cc1cc2c(n1N1CCOCC1)CCCC2=O. The Kier molecular flexibility index (Phi) is 2.67. The lowest BCUT2D eigenvalue weighted by molar-refractivity contribution is 0.0970. The molecule has 4 heteroatoms. The van der Waals surface area contributed by atoms with Crippen molar-refractivity contribution in [1.29, 1.82) is 0 Å². The van der Waals surface area contributed by atoms with Gasteiger partial charge in [-0.05, 0) is 25.8 Å². The van der Waals surface area contributed by atoms with Gasteiger partial charge in [0.1, 0.15) is 0 Å². The van der Waals surface area contributed by atoms with Gasteiger partial charge >= 0.3 is 0 Å². The fourth-order valence-electron chi connectivity index (χ4n) is 2.86. The fourth-order valence-corrected chi connectivity index (χ4v) is 2.86. The van der Waals surface area contributed by atoms with Gasteiger partial charge in [0.05, 0.1) is 32.0 Å². The molecule has 1 aliphatic carbocycles. The van der Waals surface area contributed by atoms with Crippen LogP contribution in [0.5, 0.6) is 0 Å². The Labute approximate surface area is 101 Å². The molecule has 0 aromatic carbocycles. The van der Waals surface area contributed by atoms with E-state index in [1.165, 1.54) is 11.4 Å². The maximum atomic E-state index is 11.9. The van der Waals surface area contributed by atoms with Crippen molar-refractivity contribution < 1.29 is 9.53 Å². The normalized spacial score (nSPS) is 20.5. The third-order valence-electron chi connectivity index (χ3n) is 3.64. The summed E-state index contributed by atoms with van der Waals surface area (Å²) in [5.74, 6) is 0.307. The van der Waals surface area contributed by atoms with Crippen molar-refractivity contribution in [1.82, 2.24) is 4.68 Å². The fraction of sp³-hybridized carbons (Fsp3) is 0.615. The van der Waals surface area contributed by atoms with E-state index in [4.69, 9.17) is 4.74 Å². The number of ether oxygens (including phenoxy) is 1. The number of rotatable bonds is 1. The number of hydrogen-bond donors (Lipinski definition) is 0. The summed E-state index contributed by atoms with van der Waals surface area (Å²) in [5, 5.41) is 2.30. The molecule has 3 rings (SSSR count). The summed E-state index contributed by atoms with van der Waals surface area (Å²) in [5.41, 5.74) is 3.33. The Balaban J connectivity index is 2.01. The number of carbonyl (C=O) groups is 1. The standard InChI is InChI=1S/C13H18N2O2/c1-10-9-11-12(3-2-4-13(11)16)15(10)14-5-7-17-8-6-14/h9H,2-8H2,1H3. The van der Waals surface area contributed by atoms with Crippen molar-refractivity contribution in [3.05, 3.63) is 23.0 Å². The number of morpholine rings is 1. The molecule has 2 aliphatic rings. The van der Waals surface area contributed by atoms with Gasteiger partial charge < -0.3 is 9.75 Å². The third-order valence-corrected chi connectivity index (χ3v) is 3.64. The first-order chi connectivity index (χ1) is 8.27. The second-order valence-electron chi connectivity index (χ2n) is 4.80. The van der Waals surface area contributed by atoms with E-state index in [0.29, 0.717) is 12.2 Å². The number of nitrogens with zero attached hydrogens (tertiary/aromatic N) is 2. The zero-order valence-electron chi connectivity index (χ0n) is 10.2. The van der Waals surface area contributed by atoms with Crippen LogP contribution in [-0.4, -0.2) is 36.8 Å². The zero-order chi connectivity index (χ0) is 11.8. The molecule has 4 nitrogen and oxygen atoms in total. The first-order valence-corrected chi connectivity index (χ1v) is 6.35. The molecule has 17 heavy (non-hydrogen) atoms. The van der Waals surface area contributed by atoms with E-state index < -0.39 is 0 Å². The molecule has 0 spiro atoms. The van der Waals surface area contributed by atoms with Crippen LogP contribution in [0, 0.1) is 6.92 Å². The molecule has 1 aromatic heterocycles. The Morgan fingerprint density at radius 1 is 1.24 bits per heavy atom. The van der Waals surface area contributed by atoms with Gasteiger partial charge in [-0.2, -0.15) is 0 Å². The van der Waals surface area contributed by atoms with Crippen molar-refractivity contribution in [2.24, 2.45) is 0 Å². The number of aromatic nitrogens is 1. The lowest BCUT2D eigenvalue weighted by Gasteiger charge is -2.33. The quantitative estimate of drug-likeness (QED) is 0.734. The molecule has 1 saturated heterocycles. The van der Waals surface area contributed by atoms with E-state index in [2.05, 4.69) is 16.6 Å². The first kappa shape index (κ1) is 10.8. The maximum absolute atomic E-state index is 11.9. The number of carbonyl (C=O) groups excluding carboxylic acids is 1. The molecule has 1 aliphatic heterocycles. The number of hydrogen-bond acceptors (Lipinski definition) is 3. The van der Waals surface area contributed by atoms with Crippen molar-refractivity contribution in [2.45, 2.75) is 26.2 Å². The van der Waals surface area contributed by atoms with Crippen LogP contribution in [0.25, 0.3) is 0 Å². The predicted octanol–water partition coefficient (Wildman–Crippen LogP) is 1.28. The minimum atomic E-state index is 0.307. The van der Waals surface area contributed by atoms with E-state index in [9.17, 15) is 4.79 Å². The van der Waals surface area contributed by atoms with Crippen LogP contribution in [0.1, 0.15) is 34.6 Å². The van der Waals surface area contributed by atoms with Crippen LogP contribution in [-0.2, 0) is 11.2 Å². The van der Waals surface area contributed by atoms with E-state index in [1.807, 2.05) is 6.07 Å². The Hall–Kier alpha value is -1.29. The number of aryl methyl sites for hydroxylation is 1.